The molecule has 0 aromatic carbocycles. The zero-order valence-electron chi connectivity index (χ0n) is 7.14. The molecule has 0 aliphatic carbocycles. The lowest BCUT2D eigenvalue weighted by Crippen LogP contribution is -1.96. The summed E-state index contributed by atoms with van der Waals surface area (Å²) in [5, 5.41) is 0. The Kier molecular flexibility index (Phi) is 6.61. The van der Waals surface area contributed by atoms with Gasteiger partial charge in [0.25, 0.3) is 0 Å². The highest BCUT2D eigenvalue weighted by Gasteiger charge is 1.83. The normalized spacial score (nSPS) is 11.6. The van der Waals surface area contributed by atoms with Gasteiger partial charge in [-0.15, -0.1) is 0 Å². The molecule has 0 amide bonds. The first-order valence-corrected chi connectivity index (χ1v) is 4.14. The lowest BCUT2D eigenvalue weighted by Gasteiger charge is -1.94. The van der Waals surface area contributed by atoms with Gasteiger partial charge in [-0.1, -0.05) is 26.0 Å². The Morgan fingerprint density at radius 2 is 2.00 bits per heavy atom. The topological polar surface area (TPSA) is 26.0 Å². The van der Waals surface area contributed by atoms with Crippen molar-refractivity contribution in [3.8, 4) is 0 Å². The van der Waals surface area contributed by atoms with E-state index in [9.17, 15) is 0 Å². The van der Waals surface area contributed by atoms with Gasteiger partial charge in [-0.2, -0.15) is 0 Å². The third-order valence-electron chi connectivity index (χ3n) is 1.35. The van der Waals surface area contributed by atoms with Crippen LogP contribution in [0.25, 0.3) is 0 Å². The Morgan fingerprint density at radius 3 is 2.50 bits per heavy atom. The van der Waals surface area contributed by atoms with E-state index >= 15 is 0 Å². The second kappa shape index (κ2) is 6.81. The summed E-state index contributed by atoms with van der Waals surface area (Å²) in [5.74, 6) is 0.692. The molecule has 1 nitrogen and oxygen atoms in total. The van der Waals surface area contributed by atoms with Crippen LogP contribution >= 0.6 is 0 Å². The zero-order valence-corrected chi connectivity index (χ0v) is 7.14. The number of rotatable bonds is 5. The summed E-state index contributed by atoms with van der Waals surface area (Å²) in [4.78, 5) is 0. The third-order valence-corrected chi connectivity index (χ3v) is 1.35. The fraction of sp³-hybridized carbons (Fsp3) is 0.778. The van der Waals surface area contributed by atoms with E-state index < -0.39 is 0 Å². The van der Waals surface area contributed by atoms with Gasteiger partial charge in [0.05, 0.1) is 0 Å². The van der Waals surface area contributed by atoms with Gasteiger partial charge in [0, 0.05) is 0 Å². The van der Waals surface area contributed by atoms with Gasteiger partial charge in [-0.05, 0) is 31.7 Å². The molecule has 0 radical (unpaired) electrons. The molecule has 0 unspecified atom stereocenters. The van der Waals surface area contributed by atoms with E-state index in [0.29, 0.717) is 5.92 Å². The standard InChI is InChI=1S/C9H19N/c1-9(2)7-5-3-4-6-8-10/h5,7,9H,3-4,6,8,10H2,1-2H3. The lowest BCUT2D eigenvalue weighted by atomic mass is 10.1. The average Bonchev–Trinajstić information content (AvgIpc) is 1.87. The van der Waals surface area contributed by atoms with Crippen molar-refractivity contribution in [2.24, 2.45) is 11.7 Å². The summed E-state index contributed by atoms with van der Waals surface area (Å²) in [5.41, 5.74) is 5.35. The Balaban J connectivity index is 3.02. The first-order chi connectivity index (χ1) is 4.77. The number of hydrogen-bond acceptors (Lipinski definition) is 1. The molecule has 0 aromatic rings. The van der Waals surface area contributed by atoms with Crippen molar-refractivity contribution >= 4 is 0 Å². The van der Waals surface area contributed by atoms with Crippen LogP contribution in [0.5, 0.6) is 0 Å². The monoisotopic (exact) mass is 141 g/mol. The van der Waals surface area contributed by atoms with E-state index in [1.807, 2.05) is 0 Å². The SMILES string of the molecule is CC(C)C=CCCCCN. The number of nitrogens with two attached hydrogens (primary N) is 1. The van der Waals surface area contributed by atoms with E-state index in [4.69, 9.17) is 5.73 Å². The highest BCUT2D eigenvalue weighted by Crippen LogP contribution is 1.99. The molecule has 0 aliphatic heterocycles. The number of hydrogen-bond donors (Lipinski definition) is 1. The second-order valence-corrected chi connectivity index (χ2v) is 2.96. The molecule has 0 atom stereocenters. The molecule has 0 aliphatic rings. The maximum Gasteiger partial charge on any atom is -0.00772 e. The summed E-state index contributed by atoms with van der Waals surface area (Å²) >= 11 is 0. The first-order valence-electron chi connectivity index (χ1n) is 4.14. The van der Waals surface area contributed by atoms with E-state index in [1.54, 1.807) is 0 Å². The van der Waals surface area contributed by atoms with E-state index in [0.717, 1.165) is 13.0 Å². The molecule has 0 saturated heterocycles. The summed E-state index contributed by atoms with van der Waals surface area (Å²) in [6.45, 7) is 5.22. The van der Waals surface area contributed by atoms with Crippen LogP contribution in [0.2, 0.25) is 0 Å². The van der Waals surface area contributed by atoms with E-state index in [1.165, 1.54) is 12.8 Å². The maximum atomic E-state index is 5.35. The van der Waals surface area contributed by atoms with Crippen molar-refractivity contribution in [3.63, 3.8) is 0 Å². The van der Waals surface area contributed by atoms with E-state index in [-0.39, 0.29) is 0 Å². The van der Waals surface area contributed by atoms with Gasteiger partial charge in [0.15, 0.2) is 0 Å². The molecule has 0 aromatic heterocycles. The predicted molar refractivity (Wildman–Crippen MR) is 46.9 cm³/mol. The van der Waals surface area contributed by atoms with Crippen molar-refractivity contribution in [2.75, 3.05) is 6.54 Å². The zero-order chi connectivity index (χ0) is 7.82. The first kappa shape index (κ1) is 9.70. The fourth-order valence-electron chi connectivity index (χ4n) is 0.775. The van der Waals surface area contributed by atoms with Gasteiger partial charge in [0.1, 0.15) is 0 Å². The predicted octanol–water partition coefficient (Wildman–Crippen LogP) is 2.33. The molecule has 0 heterocycles. The van der Waals surface area contributed by atoms with Crippen LogP contribution < -0.4 is 5.73 Å². The highest BCUT2D eigenvalue weighted by atomic mass is 14.5. The molecule has 10 heavy (non-hydrogen) atoms. The highest BCUT2D eigenvalue weighted by molar-refractivity contribution is 4.83. The summed E-state index contributed by atoms with van der Waals surface area (Å²) in [7, 11) is 0. The van der Waals surface area contributed by atoms with Crippen LogP contribution in [-0.4, -0.2) is 6.54 Å². The number of allylic oxidation sites excluding steroid dienone is 2. The van der Waals surface area contributed by atoms with Gasteiger partial charge < -0.3 is 5.73 Å². The maximum absolute atomic E-state index is 5.35. The summed E-state index contributed by atoms with van der Waals surface area (Å²) in [6, 6.07) is 0. The molecule has 60 valence electrons. The Hall–Kier alpha value is -0.300. The molecule has 0 spiro atoms. The summed E-state index contributed by atoms with van der Waals surface area (Å²) in [6.07, 6.45) is 8.08. The number of unbranched alkanes of at least 4 members (excludes halogenated alkanes) is 2. The van der Waals surface area contributed by atoms with Gasteiger partial charge >= 0.3 is 0 Å². The minimum Gasteiger partial charge on any atom is -0.330 e. The Labute approximate surface area is 64.3 Å². The molecular formula is C9H19N. The Morgan fingerprint density at radius 1 is 1.30 bits per heavy atom. The van der Waals surface area contributed by atoms with Crippen LogP contribution in [0, 0.1) is 5.92 Å². The average molecular weight is 141 g/mol. The van der Waals surface area contributed by atoms with Gasteiger partial charge in [0.2, 0.25) is 0 Å². The second-order valence-electron chi connectivity index (χ2n) is 2.96. The quantitative estimate of drug-likeness (QED) is 0.461. The molecule has 0 rings (SSSR count). The molecule has 2 N–H and O–H groups in total. The molecule has 0 saturated carbocycles. The van der Waals surface area contributed by atoms with Crippen LogP contribution in [0.15, 0.2) is 12.2 Å². The van der Waals surface area contributed by atoms with Crippen LogP contribution in [-0.2, 0) is 0 Å². The lowest BCUT2D eigenvalue weighted by molar-refractivity contribution is 0.749. The van der Waals surface area contributed by atoms with Crippen molar-refractivity contribution in [1.29, 1.82) is 0 Å². The van der Waals surface area contributed by atoms with Gasteiger partial charge in [-0.25, -0.2) is 0 Å². The smallest absolute Gasteiger partial charge is 0.00772 e. The van der Waals surface area contributed by atoms with E-state index in [2.05, 4.69) is 26.0 Å². The molecular weight excluding hydrogens is 122 g/mol. The molecule has 0 fully saturated rings. The minimum absolute atomic E-state index is 0.692. The Bertz CT molecular complexity index is 84.7. The van der Waals surface area contributed by atoms with Crippen molar-refractivity contribution < 1.29 is 0 Å². The fourth-order valence-corrected chi connectivity index (χ4v) is 0.775. The summed E-state index contributed by atoms with van der Waals surface area (Å²) < 4.78 is 0. The minimum atomic E-state index is 0.692. The van der Waals surface area contributed by atoms with Crippen molar-refractivity contribution in [1.82, 2.24) is 0 Å². The van der Waals surface area contributed by atoms with Crippen LogP contribution in [0.4, 0.5) is 0 Å². The van der Waals surface area contributed by atoms with Crippen molar-refractivity contribution in [3.05, 3.63) is 12.2 Å². The van der Waals surface area contributed by atoms with Gasteiger partial charge in [-0.3, -0.25) is 0 Å². The molecule has 0 bridgehead atoms. The van der Waals surface area contributed by atoms with Crippen molar-refractivity contribution in [2.45, 2.75) is 33.1 Å². The third kappa shape index (κ3) is 7.70. The van der Waals surface area contributed by atoms with Crippen LogP contribution in [0.1, 0.15) is 33.1 Å². The van der Waals surface area contributed by atoms with Crippen LogP contribution in [0.3, 0.4) is 0 Å². The largest absolute Gasteiger partial charge is 0.330 e. The molecule has 1 heteroatoms.